The molecule has 0 aromatic carbocycles. The van der Waals surface area contributed by atoms with E-state index in [-0.39, 0.29) is 6.61 Å². The predicted octanol–water partition coefficient (Wildman–Crippen LogP) is 0.538. The van der Waals surface area contributed by atoms with Crippen LogP contribution >= 0.6 is 0 Å². The molecule has 0 spiro atoms. The highest BCUT2D eigenvalue weighted by atomic mass is 16.5. The largest absolute Gasteiger partial charge is 0.467 e. The Hall–Kier alpha value is -1.33. The molecule has 1 aromatic rings. The smallest absolute Gasteiger partial charge is 0.341 e. The summed E-state index contributed by atoms with van der Waals surface area (Å²) in [4.78, 5) is 11.1. The van der Waals surface area contributed by atoms with Crippen molar-refractivity contribution in [1.82, 2.24) is 5.32 Å². The minimum atomic E-state index is -0.402. The summed E-state index contributed by atoms with van der Waals surface area (Å²) >= 11 is 0. The lowest BCUT2D eigenvalue weighted by Crippen LogP contribution is -2.15. The second-order valence-electron chi connectivity index (χ2n) is 3.05. The van der Waals surface area contributed by atoms with Gasteiger partial charge in [-0.15, -0.1) is 0 Å². The molecule has 0 aliphatic rings. The molecule has 0 aliphatic carbocycles. The van der Waals surface area contributed by atoms with Crippen molar-refractivity contribution in [2.45, 2.75) is 13.0 Å². The summed E-state index contributed by atoms with van der Waals surface area (Å²) in [5.74, 6) is 0.272. The lowest BCUT2D eigenvalue weighted by molar-refractivity contribution is 0.0600. The first kappa shape index (κ1) is 11.7. The number of nitrogens with one attached hydrogen (secondary N) is 1. The molecule has 5 heteroatoms. The summed E-state index contributed by atoms with van der Waals surface area (Å²) in [6.07, 6.45) is 2.07. The number of hydrogen-bond donors (Lipinski definition) is 2. The number of carbonyl (C=O) groups is 1. The third-order valence-electron chi connectivity index (χ3n) is 1.89. The van der Waals surface area contributed by atoms with Gasteiger partial charge in [-0.25, -0.2) is 4.79 Å². The van der Waals surface area contributed by atoms with Gasteiger partial charge in [0.1, 0.15) is 12.0 Å². The van der Waals surface area contributed by atoms with Gasteiger partial charge in [-0.3, -0.25) is 0 Å². The van der Waals surface area contributed by atoms with Crippen LogP contribution in [0.5, 0.6) is 0 Å². The molecule has 2 N–H and O–H groups in total. The number of methoxy groups -OCH3 is 1. The van der Waals surface area contributed by atoms with Crippen LogP contribution in [0.2, 0.25) is 0 Å². The number of ether oxygens (including phenoxy) is 1. The second-order valence-corrected chi connectivity index (χ2v) is 3.05. The molecule has 15 heavy (non-hydrogen) atoms. The van der Waals surface area contributed by atoms with E-state index in [9.17, 15) is 4.79 Å². The SMILES string of the molecule is COC(=O)c1coc(CNCCCO)c1. The molecule has 0 bridgehead atoms. The fraction of sp³-hybridized carbons (Fsp3) is 0.500. The minimum absolute atomic E-state index is 0.165. The third kappa shape index (κ3) is 3.73. The summed E-state index contributed by atoms with van der Waals surface area (Å²) in [5.41, 5.74) is 0.413. The van der Waals surface area contributed by atoms with Crippen LogP contribution in [0.4, 0.5) is 0 Å². The fourth-order valence-electron chi connectivity index (χ4n) is 1.11. The van der Waals surface area contributed by atoms with Crippen LogP contribution < -0.4 is 5.32 Å². The van der Waals surface area contributed by atoms with E-state index < -0.39 is 5.97 Å². The third-order valence-corrected chi connectivity index (χ3v) is 1.89. The molecule has 0 saturated heterocycles. The van der Waals surface area contributed by atoms with Crippen LogP contribution in [-0.4, -0.2) is 31.3 Å². The highest BCUT2D eigenvalue weighted by Gasteiger charge is 2.09. The molecular weight excluding hydrogens is 198 g/mol. The quantitative estimate of drug-likeness (QED) is 0.533. The number of aliphatic hydroxyl groups excluding tert-OH is 1. The zero-order chi connectivity index (χ0) is 11.1. The van der Waals surface area contributed by atoms with Crippen LogP contribution in [0.1, 0.15) is 22.5 Å². The monoisotopic (exact) mass is 213 g/mol. The molecule has 0 unspecified atom stereocenters. The average Bonchev–Trinajstić information content (AvgIpc) is 2.72. The molecule has 0 fully saturated rings. The molecule has 0 aliphatic heterocycles. The van der Waals surface area contributed by atoms with Gasteiger partial charge in [-0.1, -0.05) is 0 Å². The van der Waals surface area contributed by atoms with Gasteiger partial charge in [0.15, 0.2) is 0 Å². The molecule has 1 aromatic heterocycles. The number of aliphatic hydroxyl groups is 1. The van der Waals surface area contributed by atoms with Gasteiger partial charge in [-0.2, -0.15) is 0 Å². The van der Waals surface area contributed by atoms with Crippen molar-refractivity contribution in [2.24, 2.45) is 0 Å². The lowest BCUT2D eigenvalue weighted by Gasteiger charge is -1.99. The maximum atomic E-state index is 11.1. The first-order valence-corrected chi connectivity index (χ1v) is 4.75. The highest BCUT2D eigenvalue weighted by Crippen LogP contribution is 2.08. The first-order chi connectivity index (χ1) is 7.27. The van der Waals surface area contributed by atoms with E-state index in [1.54, 1.807) is 6.07 Å². The Morgan fingerprint density at radius 3 is 3.13 bits per heavy atom. The van der Waals surface area contributed by atoms with Gasteiger partial charge in [0.2, 0.25) is 0 Å². The van der Waals surface area contributed by atoms with Crippen molar-refractivity contribution in [3.05, 3.63) is 23.7 Å². The van der Waals surface area contributed by atoms with E-state index >= 15 is 0 Å². The van der Waals surface area contributed by atoms with Crippen molar-refractivity contribution >= 4 is 5.97 Å². The Bertz CT molecular complexity index is 308. The van der Waals surface area contributed by atoms with E-state index in [1.165, 1.54) is 13.4 Å². The Morgan fingerprint density at radius 2 is 2.47 bits per heavy atom. The number of carbonyl (C=O) groups excluding carboxylic acids is 1. The molecule has 1 heterocycles. The number of hydrogen-bond acceptors (Lipinski definition) is 5. The lowest BCUT2D eigenvalue weighted by atomic mass is 10.3. The van der Waals surface area contributed by atoms with Gasteiger partial charge >= 0.3 is 5.97 Å². The normalized spacial score (nSPS) is 10.3. The summed E-state index contributed by atoms with van der Waals surface area (Å²) in [6, 6.07) is 1.64. The molecule has 0 radical (unpaired) electrons. The van der Waals surface area contributed by atoms with Gasteiger partial charge in [0.05, 0.1) is 19.2 Å². The fourth-order valence-corrected chi connectivity index (χ4v) is 1.11. The zero-order valence-corrected chi connectivity index (χ0v) is 8.66. The summed E-state index contributed by atoms with van der Waals surface area (Å²) in [6.45, 7) is 1.42. The van der Waals surface area contributed by atoms with E-state index in [1.807, 2.05) is 0 Å². The minimum Gasteiger partial charge on any atom is -0.467 e. The van der Waals surface area contributed by atoms with Crippen molar-refractivity contribution in [2.75, 3.05) is 20.3 Å². The van der Waals surface area contributed by atoms with Crippen molar-refractivity contribution in [1.29, 1.82) is 0 Å². The van der Waals surface area contributed by atoms with Crippen molar-refractivity contribution in [3.63, 3.8) is 0 Å². The highest BCUT2D eigenvalue weighted by molar-refractivity contribution is 5.88. The first-order valence-electron chi connectivity index (χ1n) is 4.75. The standard InChI is InChI=1S/C10H15NO4/c1-14-10(13)8-5-9(15-7-8)6-11-3-2-4-12/h5,7,11-12H,2-4,6H2,1H3. The summed E-state index contributed by atoms with van der Waals surface area (Å²) < 4.78 is 9.68. The van der Waals surface area contributed by atoms with E-state index in [4.69, 9.17) is 9.52 Å². The predicted molar refractivity (Wildman–Crippen MR) is 53.5 cm³/mol. The van der Waals surface area contributed by atoms with Crippen molar-refractivity contribution < 1.29 is 19.1 Å². The van der Waals surface area contributed by atoms with E-state index in [2.05, 4.69) is 10.1 Å². The maximum Gasteiger partial charge on any atom is 0.341 e. The van der Waals surface area contributed by atoms with Crippen LogP contribution in [0, 0.1) is 0 Å². The Labute approximate surface area is 88.0 Å². The Balaban J connectivity index is 2.36. The molecule has 84 valence electrons. The number of rotatable bonds is 6. The molecule has 1 rings (SSSR count). The number of furan rings is 1. The summed E-state index contributed by atoms with van der Waals surface area (Å²) in [7, 11) is 1.33. The van der Waals surface area contributed by atoms with E-state index in [0.29, 0.717) is 30.8 Å². The zero-order valence-electron chi connectivity index (χ0n) is 8.66. The molecular formula is C10H15NO4. The van der Waals surface area contributed by atoms with Crippen molar-refractivity contribution in [3.8, 4) is 0 Å². The molecule has 5 nitrogen and oxygen atoms in total. The van der Waals surface area contributed by atoms with Gasteiger partial charge in [0, 0.05) is 6.61 Å². The summed E-state index contributed by atoms with van der Waals surface area (Å²) in [5, 5.41) is 11.6. The van der Waals surface area contributed by atoms with Gasteiger partial charge in [-0.05, 0) is 19.0 Å². The Kier molecular flexibility index (Phi) is 4.86. The molecule has 0 amide bonds. The van der Waals surface area contributed by atoms with Gasteiger partial charge in [0.25, 0.3) is 0 Å². The van der Waals surface area contributed by atoms with E-state index in [0.717, 1.165) is 0 Å². The van der Waals surface area contributed by atoms with Crippen LogP contribution in [0.15, 0.2) is 16.7 Å². The Morgan fingerprint density at radius 1 is 1.67 bits per heavy atom. The maximum absolute atomic E-state index is 11.1. The van der Waals surface area contributed by atoms with Crippen LogP contribution in [-0.2, 0) is 11.3 Å². The van der Waals surface area contributed by atoms with Crippen LogP contribution in [0.3, 0.4) is 0 Å². The average molecular weight is 213 g/mol. The van der Waals surface area contributed by atoms with Gasteiger partial charge < -0.3 is 19.6 Å². The topological polar surface area (TPSA) is 71.7 Å². The van der Waals surface area contributed by atoms with Crippen LogP contribution in [0.25, 0.3) is 0 Å². The molecule has 0 atom stereocenters. The molecule has 0 saturated carbocycles. The second kappa shape index (κ2) is 6.21. The number of esters is 1.